The Labute approximate surface area is 154 Å². The van der Waals surface area contributed by atoms with Crippen molar-refractivity contribution >= 4 is 29.0 Å². The van der Waals surface area contributed by atoms with E-state index in [-0.39, 0.29) is 12.1 Å². The molecule has 136 valence electrons. The highest BCUT2D eigenvalue weighted by Crippen LogP contribution is 2.39. The molecule has 0 spiro atoms. The van der Waals surface area contributed by atoms with Crippen LogP contribution in [-0.4, -0.2) is 24.3 Å². The summed E-state index contributed by atoms with van der Waals surface area (Å²) in [7, 11) is 0. The number of thiophene rings is 1. The van der Waals surface area contributed by atoms with Crippen LogP contribution in [0.25, 0.3) is 0 Å². The summed E-state index contributed by atoms with van der Waals surface area (Å²) in [5.74, 6) is 0. The fourth-order valence-corrected chi connectivity index (χ4v) is 4.36. The van der Waals surface area contributed by atoms with Crippen LogP contribution in [0.4, 0.5) is 4.79 Å². The molecule has 2 atom stereocenters. The zero-order chi connectivity index (χ0) is 17.7. The minimum Gasteiger partial charge on any atom is -0.444 e. The van der Waals surface area contributed by atoms with Gasteiger partial charge in [-0.25, -0.2) is 4.79 Å². The number of hydrogen-bond donors (Lipinski definition) is 2. The summed E-state index contributed by atoms with van der Waals surface area (Å²) in [6.07, 6.45) is 5.16. The van der Waals surface area contributed by atoms with Crippen molar-refractivity contribution in [3.63, 3.8) is 0 Å². The quantitative estimate of drug-likeness (QED) is 0.703. The SMILES string of the molecule is CCCCC(CNC(=O)OC(C)(C)C)NC1CCc2sc(Cl)cc21. The Morgan fingerprint density at radius 3 is 2.92 bits per heavy atom. The molecule has 1 heterocycles. The van der Waals surface area contributed by atoms with Gasteiger partial charge in [-0.05, 0) is 51.7 Å². The van der Waals surface area contributed by atoms with Gasteiger partial charge < -0.3 is 15.4 Å². The summed E-state index contributed by atoms with van der Waals surface area (Å²) in [5, 5.41) is 6.62. The maximum atomic E-state index is 11.9. The van der Waals surface area contributed by atoms with E-state index in [0.29, 0.717) is 12.6 Å². The third kappa shape index (κ3) is 5.94. The van der Waals surface area contributed by atoms with Crippen molar-refractivity contribution in [2.24, 2.45) is 0 Å². The fourth-order valence-electron chi connectivity index (χ4n) is 3.00. The third-order valence-electron chi connectivity index (χ3n) is 4.08. The molecule has 1 aliphatic rings. The largest absolute Gasteiger partial charge is 0.444 e. The number of alkyl carbamates (subject to hydrolysis) is 1. The maximum absolute atomic E-state index is 11.9. The summed E-state index contributed by atoms with van der Waals surface area (Å²) in [5.41, 5.74) is 0.869. The number of carbonyl (C=O) groups is 1. The summed E-state index contributed by atoms with van der Waals surface area (Å²) in [4.78, 5) is 13.3. The van der Waals surface area contributed by atoms with Crippen LogP contribution in [0.3, 0.4) is 0 Å². The van der Waals surface area contributed by atoms with Crippen LogP contribution in [0.2, 0.25) is 4.34 Å². The number of nitrogens with one attached hydrogen (secondary N) is 2. The molecule has 0 aliphatic heterocycles. The average Bonchev–Trinajstić information content (AvgIpc) is 3.00. The molecule has 4 nitrogen and oxygen atoms in total. The number of halogens is 1. The number of rotatable bonds is 7. The van der Waals surface area contributed by atoms with Crippen molar-refractivity contribution in [2.75, 3.05) is 6.54 Å². The van der Waals surface area contributed by atoms with Gasteiger partial charge in [0, 0.05) is 23.5 Å². The Hall–Kier alpha value is -0.780. The minimum atomic E-state index is -0.468. The second-order valence-corrected chi connectivity index (χ2v) is 9.18. The molecule has 2 N–H and O–H groups in total. The van der Waals surface area contributed by atoms with Crippen molar-refractivity contribution in [1.29, 1.82) is 0 Å². The van der Waals surface area contributed by atoms with Gasteiger partial charge in [0.2, 0.25) is 0 Å². The van der Waals surface area contributed by atoms with Crippen LogP contribution in [0, 0.1) is 0 Å². The molecule has 24 heavy (non-hydrogen) atoms. The van der Waals surface area contributed by atoms with E-state index < -0.39 is 5.60 Å². The molecule has 2 unspecified atom stereocenters. The Morgan fingerprint density at radius 1 is 1.50 bits per heavy atom. The lowest BCUT2D eigenvalue weighted by Gasteiger charge is -2.25. The summed E-state index contributed by atoms with van der Waals surface area (Å²) in [6.45, 7) is 8.39. The van der Waals surface area contributed by atoms with Crippen LogP contribution >= 0.6 is 22.9 Å². The first-order valence-electron chi connectivity index (χ1n) is 8.79. The van der Waals surface area contributed by atoms with Crippen LogP contribution < -0.4 is 10.6 Å². The van der Waals surface area contributed by atoms with Gasteiger partial charge in [0.25, 0.3) is 0 Å². The molecule has 1 amide bonds. The summed E-state index contributed by atoms with van der Waals surface area (Å²) in [6, 6.07) is 2.67. The number of aryl methyl sites for hydroxylation is 1. The first kappa shape index (κ1) is 19.5. The van der Waals surface area contributed by atoms with E-state index in [1.807, 2.05) is 20.8 Å². The van der Waals surface area contributed by atoms with Gasteiger partial charge in [-0.3, -0.25) is 0 Å². The van der Waals surface area contributed by atoms with Gasteiger partial charge in [0.1, 0.15) is 5.60 Å². The molecule has 1 aliphatic carbocycles. The van der Waals surface area contributed by atoms with E-state index in [0.717, 1.165) is 36.4 Å². The first-order chi connectivity index (χ1) is 11.3. The lowest BCUT2D eigenvalue weighted by molar-refractivity contribution is 0.0521. The lowest BCUT2D eigenvalue weighted by atomic mass is 10.1. The second kappa shape index (κ2) is 8.54. The van der Waals surface area contributed by atoms with Gasteiger partial charge in [-0.2, -0.15) is 0 Å². The van der Waals surface area contributed by atoms with E-state index >= 15 is 0 Å². The Morgan fingerprint density at radius 2 is 2.25 bits per heavy atom. The van der Waals surface area contributed by atoms with E-state index in [1.54, 1.807) is 11.3 Å². The highest BCUT2D eigenvalue weighted by atomic mass is 35.5. The van der Waals surface area contributed by atoms with Crippen LogP contribution in [0.15, 0.2) is 6.07 Å². The first-order valence-corrected chi connectivity index (χ1v) is 9.99. The molecular weight excluding hydrogens is 344 g/mol. The predicted molar refractivity (Wildman–Crippen MR) is 101 cm³/mol. The maximum Gasteiger partial charge on any atom is 0.407 e. The Balaban J connectivity index is 1.90. The topological polar surface area (TPSA) is 50.4 Å². The number of amides is 1. The van der Waals surface area contributed by atoms with Crippen molar-refractivity contribution in [3.8, 4) is 0 Å². The van der Waals surface area contributed by atoms with E-state index in [1.165, 1.54) is 10.4 Å². The zero-order valence-corrected chi connectivity index (χ0v) is 16.6. The van der Waals surface area contributed by atoms with E-state index in [2.05, 4.69) is 23.6 Å². The van der Waals surface area contributed by atoms with Crippen molar-refractivity contribution < 1.29 is 9.53 Å². The molecule has 0 bridgehead atoms. The molecule has 0 saturated heterocycles. The zero-order valence-electron chi connectivity index (χ0n) is 15.1. The molecule has 0 fully saturated rings. The number of unbranched alkanes of at least 4 members (excludes halogenated alkanes) is 1. The highest BCUT2D eigenvalue weighted by molar-refractivity contribution is 7.16. The van der Waals surface area contributed by atoms with Gasteiger partial charge in [0.15, 0.2) is 0 Å². The second-order valence-electron chi connectivity index (χ2n) is 7.41. The van der Waals surface area contributed by atoms with Gasteiger partial charge in [-0.1, -0.05) is 31.4 Å². The molecule has 1 aromatic heterocycles. The van der Waals surface area contributed by atoms with Gasteiger partial charge in [-0.15, -0.1) is 11.3 Å². The molecule has 0 radical (unpaired) electrons. The van der Waals surface area contributed by atoms with Crippen LogP contribution in [0.5, 0.6) is 0 Å². The standard InChI is InChI=1S/C18H29ClN2O2S/c1-5-6-7-12(11-20-17(22)23-18(2,3)4)21-14-8-9-15-13(14)10-16(19)24-15/h10,12,14,21H,5-9,11H2,1-4H3,(H,20,22). The lowest BCUT2D eigenvalue weighted by Crippen LogP contribution is -2.43. The number of ether oxygens (including phenoxy) is 1. The molecule has 0 saturated carbocycles. The Bertz CT molecular complexity index is 554. The van der Waals surface area contributed by atoms with E-state index in [4.69, 9.17) is 16.3 Å². The molecule has 6 heteroatoms. The summed E-state index contributed by atoms with van der Waals surface area (Å²) < 4.78 is 6.19. The number of fused-ring (bicyclic) bond motifs is 1. The molecular formula is C18H29ClN2O2S. The normalized spacial score (nSPS) is 18.3. The van der Waals surface area contributed by atoms with Crippen LogP contribution in [0.1, 0.15) is 69.9 Å². The predicted octanol–water partition coefficient (Wildman–Crippen LogP) is 5.06. The van der Waals surface area contributed by atoms with Gasteiger partial charge in [0.05, 0.1) is 4.34 Å². The fraction of sp³-hybridized carbons (Fsp3) is 0.722. The molecule has 2 rings (SSSR count). The summed E-state index contributed by atoms with van der Waals surface area (Å²) >= 11 is 7.83. The molecule has 1 aromatic rings. The van der Waals surface area contributed by atoms with Crippen molar-refractivity contribution in [2.45, 2.75) is 77.5 Å². The number of carbonyl (C=O) groups excluding carboxylic acids is 1. The van der Waals surface area contributed by atoms with Gasteiger partial charge >= 0.3 is 6.09 Å². The third-order valence-corrected chi connectivity index (χ3v) is 5.42. The highest BCUT2D eigenvalue weighted by Gasteiger charge is 2.27. The van der Waals surface area contributed by atoms with Crippen LogP contribution in [-0.2, 0) is 11.2 Å². The van der Waals surface area contributed by atoms with Crippen molar-refractivity contribution in [1.82, 2.24) is 10.6 Å². The molecule has 0 aromatic carbocycles. The number of hydrogen-bond acceptors (Lipinski definition) is 4. The smallest absolute Gasteiger partial charge is 0.407 e. The van der Waals surface area contributed by atoms with Crippen molar-refractivity contribution in [3.05, 3.63) is 20.8 Å². The average molecular weight is 373 g/mol. The Kier molecular flexibility index (Phi) is 6.96. The van der Waals surface area contributed by atoms with E-state index in [9.17, 15) is 4.79 Å². The monoisotopic (exact) mass is 372 g/mol. The minimum absolute atomic E-state index is 0.243.